The van der Waals surface area contributed by atoms with Gasteiger partial charge in [-0.3, -0.25) is 0 Å². The molecule has 3 aromatic heterocycles. The van der Waals surface area contributed by atoms with Gasteiger partial charge in [-0.2, -0.15) is 9.78 Å². The van der Waals surface area contributed by atoms with E-state index < -0.39 is 13.0 Å². The maximum Gasteiger partial charge on any atom is 0.573 e. The number of rotatable bonds is 5. The van der Waals surface area contributed by atoms with Crippen molar-refractivity contribution >= 4 is 22.5 Å². The van der Waals surface area contributed by atoms with Gasteiger partial charge < -0.3 is 10.1 Å². The summed E-state index contributed by atoms with van der Waals surface area (Å²) in [6, 6.07) is 8.33. The van der Waals surface area contributed by atoms with Gasteiger partial charge in [0.1, 0.15) is 24.6 Å². The molecule has 0 aliphatic carbocycles. The molecule has 29 heavy (non-hydrogen) atoms. The van der Waals surface area contributed by atoms with Crippen LogP contribution in [0.25, 0.3) is 16.9 Å². The van der Waals surface area contributed by atoms with Crippen molar-refractivity contribution < 1.29 is 22.3 Å². The second-order valence-electron chi connectivity index (χ2n) is 5.87. The molecule has 4 aromatic rings. The fourth-order valence-electron chi connectivity index (χ4n) is 2.65. The van der Waals surface area contributed by atoms with Crippen molar-refractivity contribution in [3.05, 3.63) is 60.7 Å². The van der Waals surface area contributed by atoms with Gasteiger partial charge in [0.15, 0.2) is 11.5 Å². The van der Waals surface area contributed by atoms with Crippen molar-refractivity contribution in [2.24, 2.45) is 0 Å². The Hall–Kier alpha value is -3.76. The van der Waals surface area contributed by atoms with Crippen molar-refractivity contribution in [2.45, 2.75) is 13.0 Å². The Morgan fingerprint density at radius 3 is 2.55 bits per heavy atom. The number of pyridine rings is 1. The van der Waals surface area contributed by atoms with Crippen LogP contribution in [0.4, 0.5) is 29.1 Å². The average Bonchev–Trinajstić information content (AvgIpc) is 3.14. The van der Waals surface area contributed by atoms with Crippen LogP contribution in [0.15, 0.2) is 55.1 Å². The number of nitrogens with zero attached hydrogens (tertiary/aromatic N) is 5. The van der Waals surface area contributed by atoms with Gasteiger partial charge in [0.25, 0.3) is 0 Å². The summed E-state index contributed by atoms with van der Waals surface area (Å²) in [6.07, 6.45) is -0.454. The summed E-state index contributed by atoms with van der Waals surface area (Å²) in [4.78, 5) is 12.5. The van der Waals surface area contributed by atoms with Crippen LogP contribution in [-0.2, 0) is 6.67 Å². The highest BCUT2D eigenvalue weighted by Crippen LogP contribution is 2.27. The molecule has 148 valence electrons. The number of alkyl halides is 4. The van der Waals surface area contributed by atoms with Gasteiger partial charge in [0.2, 0.25) is 0 Å². The Labute approximate surface area is 161 Å². The monoisotopic (exact) mass is 404 g/mol. The lowest BCUT2D eigenvalue weighted by molar-refractivity contribution is -0.274. The van der Waals surface area contributed by atoms with Crippen LogP contribution >= 0.6 is 0 Å². The lowest BCUT2D eigenvalue weighted by Crippen LogP contribution is -2.16. The third-order valence-corrected chi connectivity index (χ3v) is 3.90. The molecule has 0 spiro atoms. The zero-order chi connectivity index (χ0) is 20.4. The molecule has 0 aliphatic heterocycles. The summed E-state index contributed by atoms with van der Waals surface area (Å²) in [5.74, 6) is 0.461. The van der Waals surface area contributed by atoms with E-state index in [2.05, 4.69) is 30.1 Å². The molecule has 0 fully saturated rings. The number of halogens is 4. The fourth-order valence-corrected chi connectivity index (χ4v) is 2.65. The van der Waals surface area contributed by atoms with E-state index in [1.807, 2.05) is 0 Å². The summed E-state index contributed by atoms with van der Waals surface area (Å²) in [7, 11) is 0. The molecule has 1 aromatic carbocycles. The summed E-state index contributed by atoms with van der Waals surface area (Å²) in [6.45, 7) is -0.634. The summed E-state index contributed by atoms with van der Waals surface area (Å²) >= 11 is 0. The lowest BCUT2D eigenvalue weighted by Gasteiger charge is -2.10. The van der Waals surface area contributed by atoms with E-state index in [1.54, 1.807) is 12.1 Å². The van der Waals surface area contributed by atoms with Crippen molar-refractivity contribution in [2.75, 3.05) is 5.32 Å². The highest BCUT2D eigenvalue weighted by atomic mass is 19.4. The highest BCUT2D eigenvalue weighted by Gasteiger charge is 2.30. The Morgan fingerprint density at radius 2 is 1.83 bits per heavy atom. The molecule has 0 amide bonds. The predicted molar refractivity (Wildman–Crippen MR) is 95.7 cm³/mol. The van der Waals surface area contributed by atoms with E-state index in [4.69, 9.17) is 0 Å². The minimum atomic E-state index is -4.75. The minimum Gasteiger partial charge on any atom is -0.406 e. The number of nitrogens with one attached hydrogen (secondary N) is 1. The molecule has 11 heteroatoms. The first-order chi connectivity index (χ1) is 13.9. The molecule has 7 nitrogen and oxygen atoms in total. The van der Waals surface area contributed by atoms with Crippen LogP contribution in [0, 0.1) is 0 Å². The maximum absolute atomic E-state index is 12.9. The molecule has 0 atom stereocenters. The van der Waals surface area contributed by atoms with E-state index in [9.17, 15) is 17.6 Å². The van der Waals surface area contributed by atoms with Gasteiger partial charge in [-0.05, 0) is 42.0 Å². The Bertz CT molecular complexity index is 1140. The Morgan fingerprint density at radius 1 is 1.03 bits per heavy atom. The van der Waals surface area contributed by atoms with Crippen LogP contribution in [0.3, 0.4) is 0 Å². The van der Waals surface area contributed by atoms with E-state index >= 15 is 0 Å². The van der Waals surface area contributed by atoms with Crippen LogP contribution in [0.2, 0.25) is 0 Å². The number of fused-ring (bicyclic) bond motifs is 1. The molecule has 0 aliphatic rings. The van der Waals surface area contributed by atoms with Crippen LogP contribution in [0.5, 0.6) is 5.75 Å². The van der Waals surface area contributed by atoms with Crippen LogP contribution in [0.1, 0.15) is 5.56 Å². The Balaban J connectivity index is 1.63. The predicted octanol–water partition coefficient (Wildman–Crippen LogP) is 4.32. The molecule has 0 unspecified atom stereocenters. The van der Waals surface area contributed by atoms with Gasteiger partial charge in [-0.1, -0.05) is 0 Å². The van der Waals surface area contributed by atoms with Gasteiger partial charge in [-0.15, -0.1) is 13.2 Å². The van der Waals surface area contributed by atoms with Crippen molar-refractivity contribution in [3.63, 3.8) is 0 Å². The van der Waals surface area contributed by atoms with Crippen molar-refractivity contribution in [1.82, 2.24) is 24.7 Å². The number of hydrogen-bond donors (Lipinski definition) is 1. The first-order valence-electron chi connectivity index (χ1n) is 8.26. The Kier molecular flexibility index (Phi) is 4.71. The normalized spacial score (nSPS) is 11.6. The third-order valence-electron chi connectivity index (χ3n) is 3.90. The van der Waals surface area contributed by atoms with Crippen LogP contribution in [-0.4, -0.2) is 31.1 Å². The van der Waals surface area contributed by atoms with Gasteiger partial charge in [-0.25, -0.2) is 19.3 Å². The minimum absolute atomic E-state index is 0.331. The molecule has 4 rings (SSSR count). The fraction of sp³-hybridized carbons (Fsp3) is 0.111. The average molecular weight is 404 g/mol. The van der Waals surface area contributed by atoms with Crippen molar-refractivity contribution in [1.29, 1.82) is 0 Å². The molecule has 0 bridgehead atoms. The summed E-state index contributed by atoms with van der Waals surface area (Å²) < 4.78 is 55.0. The summed E-state index contributed by atoms with van der Waals surface area (Å²) in [5.41, 5.74) is 1.38. The number of hydrogen-bond acceptors (Lipinski definition) is 6. The zero-order valence-electron chi connectivity index (χ0n) is 14.6. The first kappa shape index (κ1) is 18.6. The van der Waals surface area contributed by atoms with Gasteiger partial charge in [0, 0.05) is 11.9 Å². The molecular formula is C18H12F4N6O. The maximum atomic E-state index is 12.9. The van der Waals surface area contributed by atoms with E-state index in [0.717, 1.165) is 0 Å². The molecule has 1 N–H and O–H groups in total. The second kappa shape index (κ2) is 7.34. The second-order valence-corrected chi connectivity index (χ2v) is 5.87. The number of benzene rings is 1. The van der Waals surface area contributed by atoms with E-state index in [-0.39, 0.29) is 5.75 Å². The smallest absolute Gasteiger partial charge is 0.406 e. The molecule has 0 saturated heterocycles. The highest BCUT2D eigenvalue weighted by molar-refractivity contribution is 5.88. The standard InChI is InChI=1S/C18H12F4N6O/c19-8-11-5-6-23-15(7-11)28-17-14(9-26-28)16(24-10-25-17)27-12-1-3-13(4-2-12)29-18(20,21)22/h1-7,9-10H,8H2,(H,24,25,27). The van der Waals surface area contributed by atoms with Crippen molar-refractivity contribution in [3.8, 4) is 11.6 Å². The number of aromatic nitrogens is 5. The largest absolute Gasteiger partial charge is 0.573 e. The number of anilines is 2. The van der Waals surface area contributed by atoms with E-state index in [1.165, 1.54) is 47.7 Å². The zero-order valence-corrected chi connectivity index (χ0v) is 14.6. The molecule has 0 saturated carbocycles. The first-order valence-corrected chi connectivity index (χ1v) is 8.26. The molecular weight excluding hydrogens is 392 g/mol. The van der Waals surface area contributed by atoms with E-state index in [0.29, 0.717) is 33.9 Å². The molecule has 3 heterocycles. The topological polar surface area (TPSA) is 77.8 Å². The van der Waals surface area contributed by atoms with Gasteiger partial charge >= 0.3 is 6.36 Å². The number of ether oxygens (including phenoxy) is 1. The SMILES string of the molecule is FCc1ccnc(-n2ncc3c(Nc4ccc(OC(F)(F)F)cc4)ncnc32)c1. The molecule has 0 radical (unpaired) electrons. The quantitative estimate of drug-likeness (QED) is 0.499. The third kappa shape index (κ3) is 4.08. The summed E-state index contributed by atoms with van der Waals surface area (Å²) in [5, 5.41) is 7.80. The van der Waals surface area contributed by atoms with Gasteiger partial charge in [0.05, 0.1) is 11.6 Å². The van der Waals surface area contributed by atoms with Crippen LogP contribution < -0.4 is 10.1 Å². The lowest BCUT2D eigenvalue weighted by atomic mass is 10.3.